The number of ether oxygens (including phenoxy) is 1. The van der Waals surface area contributed by atoms with Crippen molar-refractivity contribution in [2.75, 3.05) is 34.3 Å². The van der Waals surface area contributed by atoms with Crippen LogP contribution in [0, 0.1) is 12.8 Å². The molecule has 0 N–H and O–H groups in total. The van der Waals surface area contributed by atoms with Crippen LogP contribution in [-0.4, -0.2) is 61.0 Å². The summed E-state index contributed by atoms with van der Waals surface area (Å²) in [6.45, 7) is 5.68. The summed E-state index contributed by atoms with van der Waals surface area (Å²) in [5.74, 6) is 1.28. The van der Waals surface area contributed by atoms with Crippen LogP contribution in [0.1, 0.15) is 23.0 Å². The lowest BCUT2D eigenvalue weighted by atomic mass is 10.1. The Morgan fingerprint density at radius 3 is 2.67 bits per heavy atom. The van der Waals surface area contributed by atoms with Crippen LogP contribution in [0.3, 0.4) is 0 Å². The lowest BCUT2D eigenvalue weighted by Crippen LogP contribution is -2.35. The van der Waals surface area contributed by atoms with E-state index in [4.69, 9.17) is 4.74 Å². The summed E-state index contributed by atoms with van der Waals surface area (Å²) in [5.41, 5.74) is 2.39. The molecule has 1 aromatic heterocycles. The Morgan fingerprint density at radius 2 is 2.04 bits per heavy atom. The van der Waals surface area contributed by atoms with Crippen LogP contribution in [0.4, 0.5) is 0 Å². The molecule has 5 nitrogen and oxygen atoms in total. The van der Waals surface area contributed by atoms with Gasteiger partial charge in [0.05, 0.1) is 18.2 Å². The van der Waals surface area contributed by atoms with Crippen molar-refractivity contribution >= 4 is 16.8 Å². The van der Waals surface area contributed by atoms with E-state index in [0.717, 1.165) is 35.4 Å². The number of benzene rings is 1. The molecule has 1 aromatic carbocycles. The van der Waals surface area contributed by atoms with E-state index in [2.05, 4.69) is 30.9 Å². The Kier molecular flexibility index (Phi) is 4.45. The van der Waals surface area contributed by atoms with E-state index in [1.807, 2.05) is 36.1 Å². The normalized spacial score (nSPS) is 20.8. The number of rotatable bonds is 3. The van der Waals surface area contributed by atoms with Gasteiger partial charge in [0, 0.05) is 30.2 Å². The molecule has 1 amide bonds. The number of hydrogen-bond acceptors (Lipinski definition) is 4. The van der Waals surface area contributed by atoms with Crippen molar-refractivity contribution in [3.63, 3.8) is 0 Å². The van der Waals surface area contributed by atoms with E-state index in [1.54, 1.807) is 7.11 Å². The molecule has 24 heavy (non-hydrogen) atoms. The zero-order valence-corrected chi connectivity index (χ0v) is 15.0. The highest BCUT2D eigenvalue weighted by molar-refractivity contribution is 6.06. The molecular weight excluding hydrogens is 302 g/mol. The van der Waals surface area contributed by atoms with E-state index < -0.39 is 0 Å². The Hall–Kier alpha value is -2.14. The van der Waals surface area contributed by atoms with Gasteiger partial charge in [-0.15, -0.1) is 0 Å². The Balaban J connectivity index is 2.01. The van der Waals surface area contributed by atoms with Crippen molar-refractivity contribution in [3.05, 3.63) is 35.5 Å². The third-order valence-corrected chi connectivity index (χ3v) is 4.90. The number of carbonyl (C=O) groups is 1. The molecular formula is C19H25N3O2. The van der Waals surface area contributed by atoms with Gasteiger partial charge in [0.1, 0.15) is 5.75 Å². The third kappa shape index (κ3) is 2.96. The molecule has 128 valence electrons. The molecule has 5 heteroatoms. The van der Waals surface area contributed by atoms with Gasteiger partial charge >= 0.3 is 0 Å². The maximum Gasteiger partial charge on any atom is 0.254 e. The van der Waals surface area contributed by atoms with Crippen LogP contribution in [0.2, 0.25) is 0 Å². The lowest BCUT2D eigenvalue weighted by molar-refractivity contribution is 0.0783. The largest absolute Gasteiger partial charge is 0.497 e. The van der Waals surface area contributed by atoms with Crippen LogP contribution >= 0.6 is 0 Å². The first-order chi connectivity index (χ1) is 11.4. The second-order valence-electron chi connectivity index (χ2n) is 6.91. The fourth-order valence-electron chi connectivity index (χ4n) is 3.60. The van der Waals surface area contributed by atoms with E-state index in [9.17, 15) is 4.79 Å². The topological polar surface area (TPSA) is 45.7 Å². The minimum absolute atomic E-state index is 0.0787. The van der Waals surface area contributed by atoms with Crippen molar-refractivity contribution in [2.24, 2.45) is 5.92 Å². The minimum atomic E-state index is 0.0787. The maximum atomic E-state index is 13.2. The lowest BCUT2D eigenvalue weighted by Gasteiger charge is -2.22. The number of hydrogen-bond donors (Lipinski definition) is 0. The molecule has 1 aliphatic rings. The van der Waals surface area contributed by atoms with Crippen molar-refractivity contribution in [1.29, 1.82) is 0 Å². The van der Waals surface area contributed by atoms with E-state index in [-0.39, 0.29) is 5.91 Å². The van der Waals surface area contributed by atoms with E-state index in [0.29, 0.717) is 17.5 Å². The van der Waals surface area contributed by atoms with Crippen molar-refractivity contribution in [1.82, 2.24) is 14.8 Å². The van der Waals surface area contributed by atoms with Gasteiger partial charge in [0.25, 0.3) is 5.91 Å². The highest BCUT2D eigenvalue weighted by Crippen LogP contribution is 2.27. The summed E-state index contributed by atoms with van der Waals surface area (Å²) >= 11 is 0. The number of likely N-dealkylation sites (tertiary alicyclic amines) is 1. The number of nitrogens with zero attached hydrogens (tertiary/aromatic N) is 3. The molecule has 0 spiro atoms. The molecule has 0 radical (unpaired) electrons. The van der Waals surface area contributed by atoms with Crippen LogP contribution in [0.5, 0.6) is 5.75 Å². The molecule has 2 atom stereocenters. The quantitative estimate of drug-likeness (QED) is 0.869. The number of aromatic nitrogens is 1. The number of carbonyl (C=O) groups excluding carboxylic acids is 1. The molecule has 2 aromatic rings. The van der Waals surface area contributed by atoms with Crippen LogP contribution < -0.4 is 4.74 Å². The summed E-state index contributed by atoms with van der Waals surface area (Å²) in [6.07, 6.45) is 0. The summed E-state index contributed by atoms with van der Waals surface area (Å²) in [7, 11) is 5.78. The van der Waals surface area contributed by atoms with Gasteiger partial charge in [-0.25, -0.2) is 0 Å². The second kappa shape index (κ2) is 6.40. The molecule has 3 rings (SSSR count). The van der Waals surface area contributed by atoms with Gasteiger partial charge in [0.2, 0.25) is 0 Å². The van der Waals surface area contributed by atoms with Gasteiger partial charge in [-0.1, -0.05) is 6.92 Å². The van der Waals surface area contributed by atoms with Crippen LogP contribution in [-0.2, 0) is 0 Å². The Labute approximate surface area is 143 Å². The smallest absolute Gasteiger partial charge is 0.254 e. The summed E-state index contributed by atoms with van der Waals surface area (Å²) in [4.78, 5) is 21.9. The first-order valence-electron chi connectivity index (χ1n) is 8.31. The summed E-state index contributed by atoms with van der Waals surface area (Å²) < 4.78 is 5.32. The first kappa shape index (κ1) is 16.7. The van der Waals surface area contributed by atoms with E-state index in [1.165, 1.54) is 0 Å². The van der Waals surface area contributed by atoms with Crippen LogP contribution in [0.25, 0.3) is 10.9 Å². The maximum absolute atomic E-state index is 13.2. The van der Waals surface area contributed by atoms with Gasteiger partial charge in [-0.2, -0.15) is 0 Å². The number of methoxy groups -OCH3 is 1. The average Bonchev–Trinajstić information content (AvgIpc) is 2.95. The molecule has 0 saturated carbocycles. The van der Waals surface area contributed by atoms with Crippen molar-refractivity contribution in [3.8, 4) is 5.75 Å². The molecule has 2 heterocycles. The first-order valence-corrected chi connectivity index (χ1v) is 8.31. The Morgan fingerprint density at radius 1 is 1.29 bits per heavy atom. The highest BCUT2D eigenvalue weighted by Gasteiger charge is 2.34. The molecule has 0 bridgehead atoms. The highest BCUT2D eigenvalue weighted by atomic mass is 16.5. The van der Waals surface area contributed by atoms with Gasteiger partial charge in [0.15, 0.2) is 0 Å². The predicted octanol–water partition coefficient (Wildman–Crippen LogP) is 2.57. The number of likely N-dealkylation sites (N-methyl/N-ethyl adjacent to an activating group) is 1. The summed E-state index contributed by atoms with van der Waals surface area (Å²) in [5, 5.41) is 0.853. The van der Waals surface area contributed by atoms with E-state index >= 15 is 0 Å². The predicted molar refractivity (Wildman–Crippen MR) is 95.6 cm³/mol. The summed E-state index contributed by atoms with van der Waals surface area (Å²) in [6, 6.07) is 7.98. The number of amides is 1. The zero-order valence-electron chi connectivity index (χ0n) is 15.0. The monoisotopic (exact) mass is 327 g/mol. The number of fused-ring (bicyclic) bond motifs is 1. The van der Waals surface area contributed by atoms with Crippen LogP contribution in [0.15, 0.2) is 24.3 Å². The van der Waals surface area contributed by atoms with Gasteiger partial charge in [-0.05, 0) is 51.2 Å². The average molecular weight is 327 g/mol. The fraction of sp³-hybridized carbons (Fsp3) is 0.474. The van der Waals surface area contributed by atoms with Gasteiger partial charge < -0.3 is 14.5 Å². The third-order valence-electron chi connectivity index (χ3n) is 4.90. The zero-order chi connectivity index (χ0) is 17.4. The molecule has 1 fully saturated rings. The minimum Gasteiger partial charge on any atom is -0.497 e. The number of aryl methyl sites for hydroxylation is 1. The van der Waals surface area contributed by atoms with Gasteiger partial charge in [-0.3, -0.25) is 9.78 Å². The molecule has 1 aliphatic heterocycles. The Bertz CT molecular complexity index is 773. The SMILES string of the molecule is COc1ccc2nc(C)cc(C(=O)N3C[C@@H](C)[C@H](N(C)C)C3)c2c1. The standard InChI is InChI=1S/C19H25N3O2/c1-12-10-22(11-18(12)21(3)4)19(23)16-8-13(2)20-17-7-6-14(24-5)9-15(16)17/h6-9,12,18H,10-11H2,1-5H3/t12-,18-/m1/s1. The molecule has 0 aliphatic carbocycles. The fourth-order valence-corrected chi connectivity index (χ4v) is 3.60. The van der Waals surface area contributed by atoms with Crippen molar-refractivity contribution in [2.45, 2.75) is 19.9 Å². The second-order valence-corrected chi connectivity index (χ2v) is 6.91. The van der Waals surface area contributed by atoms with Crippen molar-refractivity contribution < 1.29 is 9.53 Å². The number of pyridine rings is 1. The molecule has 1 saturated heterocycles. The molecule has 0 unspecified atom stereocenters.